The third-order valence-corrected chi connectivity index (χ3v) is 3.13. The van der Waals surface area contributed by atoms with E-state index in [1.165, 1.54) is 31.3 Å². The molecule has 1 fully saturated rings. The van der Waals surface area contributed by atoms with E-state index in [9.17, 15) is 9.59 Å². The quantitative estimate of drug-likeness (QED) is 0.737. The van der Waals surface area contributed by atoms with Gasteiger partial charge in [-0.1, -0.05) is 18.4 Å². The minimum atomic E-state index is -0.427. The molecule has 1 aliphatic rings. The number of allylic oxidation sites excluding steroid dienone is 1. The molecule has 1 rings (SSSR count). The second-order valence-corrected chi connectivity index (χ2v) is 4.50. The molecule has 0 radical (unpaired) electrons. The molecule has 0 aromatic rings. The number of carbonyl (C=O) groups is 2. The number of carbonyl (C=O) groups excluding carboxylic acids is 2. The summed E-state index contributed by atoms with van der Waals surface area (Å²) < 4.78 is 4.70. The van der Waals surface area contributed by atoms with E-state index in [4.69, 9.17) is 4.74 Å². The normalized spacial score (nSPS) is 16.4. The van der Waals surface area contributed by atoms with Crippen LogP contribution < -0.4 is 10.6 Å². The molecule has 0 saturated heterocycles. The van der Waals surface area contributed by atoms with Gasteiger partial charge in [0.2, 0.25) is 0 Å². The maximum absolute atomic E-state index is 11.4. The van der Waals surface area contributed by atoms with E-state index in [2.05, 4.69) is 10.6 Å². The van der Waals surface area contributed by atoms with E-state index < -0.39 is 5.97 Å². The molecular formula is C13H22N2O3. The molecule has 102 valence electrons. The number of hydrogen-bond acceptors (Lipinski definition) is 3. The standard InChI is InChI=1S/C13H22N2O3/c1-3-18-12(16)9-15-13(17)14-8-10(2)11-6-4-5-7-11/h8,11H,3-7,9H2,1-2H3,(H2,14,15,17)/b10-8+. The van der Waals surface area contributed by atoms with Crippen LogP contribution in [-0.2, 0) is 9.53 Å². The number of rotatable bonds is 5. The van der Waals surface area contributed by atoms with Gasteiger partial charge in [-0.05, 0) is 32.6 Å². The summed E-state index contributed by atoms with van der Waals surface area (Å²) in [6.45, 7) is 3.98. The number of esters is 1. The maximum atomic E-state index is 11.4. The largest absolute Gasteiger partial charge is 0.465 e. The Kier molecular flexibility index (Phi) is 6.25. The van der Waals surface area contributed by atoms with Crippen LogP contribution in [0.3, 0.4) is 0 Å². The summed E-state index contributed by atoms with van der Waals surface area (Å²) in [7, 11) is 0. The first-order chi connectivity index (χ1) is 8.63. The van der Waals surface area contributed by atoms with Crippen LogP contribution >= 0.6 is 0 Å². The van der Waals surface area contributed by atoms with Crippen LogP contribution in [0, 0.1) is 5.92 Å². The fourth-order valence-electron chi connectivity index (χ4n) is 2.09. The Morgan fingerprint density at radius 1 is 1.33 bits per heavy atom. The third kappa shape index (κ3) is 5.21. The first-order valence-electron chi connectivity index (χ1n) is 6.50. The molecule has 0 aromatic carbocycles. The lowest BCUT2D eigenvalue weighted by Crippen LogP contribution is -2.36. The van der Waals surface area contributed by atoms with Crippen molar-refractivity contribution in [3.05, 3.63) is 11.8 Å². The van der Waals surface area contributed by atoms with Gasteiger partial charge in [-0.2, -0.15) is 0 Å². The Labute approximate surface area is 108 Å². The van der Waals surface area contributed by atoms with Crippen molar-refractivity contribution < 1.29 is 14.3 Å². The topological polar surface area (TPSA) is 67.4 Å². The smallest absolute Gasteiger partial charge is 0.325 e. The first-order valence-corrected chi connectivity index (χ1v) is 6.50. The summed E-state index contributed by atoms with van der Waals surface area (Å²) in [5, 5.41) is 5.08. The summed E-state index contributed by atoms with van der Waals surface area (Å²) >= 11 is 0. The zero-order chi connectivity index (χ0) is 13.4. The van der Waals surface area contributed by atoms with Crippen LogP contribution in [0.4, 0.5) is 4.79 Å². The molecule has 2 N–H and O–H groups in total. The van der Waals surface area contributed by atoms with E-state index >= 15 is 0 Å². The molecule has 0 atom stereocenters. The highest BCUT2D eigenvalue weighted by molar-refractivity contribution is 5.81. The minimum Gasteiger partial charge on any atom is -0.465 e. The highest BCUT2D eigenvalue weighted by atomic mass is 16.5. The van der Waals surface area contributed by atoms with Crippen molar-refractivity contribution in [3.63, 3.8) is 0 Å². The Bertz CT molecular complexity index is 320. The molecule has 0 heterocycles. The Morgan fingerprint density at radius 2 is 2.00 bits per heavy atom. The predicted octanol–water partition coefficient (Wildman–Crippen LogP) is 1.94. The molecule has 5 nitrogen and oxygen atoms in total. The van der Waals surface area contributed by atoms with Gasteiger partial charge in [0.1, 0.15) is 6.54 Å². The first kappa shape index (κ1) is 14.5. The number of urea groups is 1. The third-order valence-electron chi connectivity index (χ3n) is 3.13. The van der Waals surface area contributed by atoms with Gasteiger partial charge in [0.15, 0.2) is 0 Å². The van der Waals surface area contributed by atoms with Crippen molar-refractivity contribution in [2.24, 2.45) is 5.92 Å². The molecular weight excluding hydrogens is 232 g/mol. The second-order valence-electron chi connectivity index (χ2n) is 4.50. The minimum absolute atomic E-state index is 0.101. The van der Waals surface area contributed by atoms with E-state index in [0.29, 0.717) is 12.5 Å². The van der Waals surface area contributed by atoms with E-state index in [0.717, 1.165) is 0 Å². The average Bonchev–Trinajstić information content (AvgIpc) is 2.87. The van der Waals surface area contributed by atoms with Gasteiger partial charge in [0.05, 0.1) is 6.61 Å². The number of ether oxygens (including phenoxy) is 1. The number of nitrogens with one attached hydrogen (secondary N) is 2. The molecule has 5 heteroatoms. The molecule has 18 heavy (non-hydrogen) atoms. The monoisotopic (exact) mass is 254 g/mol. The maximum Gasteiger partial charge on any atom is 0.325 e. The zero-order valence-electron chi connectivity index (χ0n) is 11.1. The van der Waals surface area contributed by atoms with Gasteiger partial charge in [-0.25, -0.2) is 4.79 Å². The van der Waals surface area contributed by atoms with Gasteiger partial charge >= 0.3 is 12.0 Å². The van der Waals surface area contributed by atoms with Gasteiger partial charge in [-0.15, -0.1) is 0 Å². The van der Waals surface area contributed by atoms with E-state index in [1.807, 2.05) is 6.92 Å². The van der Waals surface area contributed by atoms with Gasteiger partial charge < -0.3 is 15.4 Å². The van der Waals surface area contributed by atoms with Crippen molar-refractivity contribution in [2.45, 2.75) is 39.5 Å². The Hall–Kier alpha value is -1.52. The summed E-state index contributed by atoms with van der Waals surface area (Å²) in [4.78, 5) is 22.4. The summed E-state index contributed by atoms with van der Waals surface area (Å²) in [5.74, 6) is 0.166. The van der Waals surface area contributed by atoms with E-state index in [-0.39, 0.29) is 12.6 Å². The highest BCUT2D eigenvalue weighted by Crippen LogP contribution is 2.30. The number of hydrogen-bond donors (Lipinski definition) is 2. The fraction of sp³-hybridized carbons (Fsp3) is 0.692. The average molecular weight is 254 g/mol. The predicted molar refractivity (Wildman–Crippen MR) is 68.9 cm³/mol. The lowest BCUT2D eigenvalue weighted by Gasteiger charge is -2.10. The fourth-order valence-corrected chi connectivity index (χ4v) is 2.09. The van der Waals surface area contributed by atoms with Gasteiger partial charge in [0, 0.05) is 6.20 Å². The molecule has 0 bridgehead atoms. The molecule has 0 aromatic heterocycles. The molecule has 0 aliphatic heterocycles. The molecule has 1 saturated carbocycles. The second kappa shape index (κ2) is 7.74. The SMILES string of the molecule is CCOC(=O)CNC(=O)N/C=C(\C)C1CCCC1. The summed E-state index contributed by atoms with van der Waals surface area (Å²) in [6, 6.07) is -0.375. The van der Waals surface area contributed by atoms with Crippen molar-refractivity contribution in [1.29, 1.82) is 0 Å². The zero-order valence-corrected chi connectivity index (χ0v) is 11.1. The molecule has 1 aliphatic carbocycles. The Balaban J connectivity index is 2.23. The lowest BCUT2D eigenvalue weighted by molar-refractivity contribution is -0.141. The Morgan fingerprint density at radius 3 is 2.61 bits per heavy atom. The summed E-state index contributed by atoms with van der Waals surface area (Å²) in [6.07, 6.45) is 6.68. The van der Waals surface area contributed by atoms with Crippen LogP contribution in [0.5, 0.6) is 0 Å². The molecule has 0 spiro atoms. The van der Waals surface area contributed by atoms with Crippen molar-refractivity contribution >= 4 is 12.0 Å². The van der Waals surface area contributed by atoms with Crippen molar-refractivity contribution in [1.82, 2.24) is 10.6 Å². The summed E-state index contributed by atoms with van der Waals surface area (Å²) in [5.41, 5.74) is 1.19. The molecule has 2 amide bonds. The van der Waals surface area contributed by atoms with Crippen molar-refractivity contribution in [2.75, 3.05) is 13.2 Å². The van der Waals surface area contributed by atoms with Crippen LogP contribution in [-0.4, -0.2) is 25.2 Å². The van der Waals surface area contributed by atoms with Gasteiger partial charge in [-0.3, -0.25) is 4.79 Å². The van der Waals surface area contributed by atoms with E-state index in [1.54, 1.807) is 13.1 Å². The van der Waals surface area contributed by atoms with Crippen LogP contribution in [0.2, 0.25) is 0 Å². The van der Waals surface area contributed by atoms with Crippen LogP contribution in [0.25, 0.3) is 0 Å². The van der Waals surface area contributed by atoms with Crippen LogP contribution in [0.1, 0.15) is 39.5 Å². The van der Waals surface area contributed by atoms with Gasteiger partial charge in [0.25, 0.3) is 0 Å². The van der Waals surface area contributed by atoms with Crippen molar-refractivity contribution in [3.8, 4) is 0 Å². The lowest BCUT2D eigenvalue weighted by atomic mass is 10.0. The highest BCUT2D eigenvalue weighted by Gasteiger charge is 2.16. The molecule has 0 unspecified atom stereocenters. The van der Waals surface area contributed by atoms with Crippen LogP contribution in [0.15, 0.2) is 11.8 Å². The number of amides is 2.